The van der Waals surface area contributed by atoms with Crippen LogP contribution >= 0.6 is 0 Å². The molecule has 0 saturated carbocycles. The molecule has 0 saturated heterocycles. The van der Waals surface area contributed by atoms with Gasteiger partial charge in [-0.15, -0.1) is 0 Å². The fourth-order valence-corrected chi connectivity index (χ4v) is 2.44. The van der Waals surface area contributed by atoms with Crippen molar-refractivity contribution in [3.8, 4) is 22.7 Å². The quantitative estimate of drug-likeness (QED) is 0.763. The first kappa shape index (κ1) is 12.5. The Hall–Kier alpha value is -2.55. The number of para-hydroxylation sites is 1. The standard InChI is InChI=1S/C17H16N2O/c1-12-10-13(2)17(20)15(11-12)16-8-9-18-19(16)14-6-4-3-5-7-14/h3-11,20H,1-2H3. The Morgan fingerprint density at radius 1 is 1.00 bits per heavy atom. The fraction of sp³-hybridized carbons (Fsp3) is 0.118. The van der Waals surface area contributed by atoms with Gasteiger partial charge in [0, 0.05) is 5.56 Å². The number of phenols is 1. The molecule has 100 valence electrons. The zero-order valence-corrected chi connectivity index (χ0v) is 11.5. The highest BCUT2D eigenvalue weighted by molar-refractivity contribution is 5.71. The molecule has 1 aromatic heterocycles. The highest BCUT2D eigenvalue weighted by Crippen LogP contribution is 2.33. The van der Waals surface area contributed by atoms with Crippen molar-refractivity contribution in [2.75, 3.05) is 0 Å². The van der Waals surface area contributed by atoms with E-state index >= 15 is 0 Å². The highest BCUT2D eigenvalue weighted by atomic mass is 16.3. The van der Waals surface area contributed by atoms with Crippen molar-refractivity contribution >= 4 is 0 Å². The zero-order valence-electron chi connectivity index (χ0n) is 11.5. The van der Waals surface area contributed by atoms with Crippen LogP contribution in [0.15, 0.2) is 54.7 Å². The monoisotopic (exact) mass is 264 g/mol. The maximum atomic E-state index is 10.3. The van der Waals surface area contributed by atoms with Gasteiger partial charge in [-0.25, -0.2) is 4.68 Å². The van der Waals surface area contributed by atoms with Crippen molar-refractivity contribution in [1.29, 1.82) is 0 Å². The molecule has 0 aliphatic carbocycles. The van der Waals surface area contributed by atoms with Crippen LogP contribution in [0.2, 0.25) is 0 Å². The third-order valence-corrected chi connectivity index (χ3v) is 3.36. The third kappa shape index (κ3) is 2.07. The van der Waals surface area contributed by atoms with Crippen LogP contribution in [-0.2, 0) is 0 Å². The van der Waals surface area contributed by atoms with E-state index in [9.17, 15) is 5.11 Å². The van der Waals surface area contributed by atoms with E-state index in [0.717, 1.165) is 28.1 Å². The van der Waals surface area contributed by atoms with Gasteiger partial charge in [0.2, 0.25) is 0 Å². The van der Waals surface area contributed by atoms with E-state index in [2.05, 4.69) is 5.10 Å². The van der Waals surface area contributed by atoms with Gasteiger partial charge in [0.15, 0.2) is 0 Å². The van der Waals surface area contributed by atoms with E-state index in [0.29, 0.717) is 5.75 Å². The molecule has 20 heavy (non-hydrogen) atoms. The summed E-state index contributed by atoms with van der Waals surface area (Å²) in [6.45, 7) is 3.94. The molecule has 3 heteroatoms. The van der Waals surface area contributed by atoms with Gasteiger partial charge < -0.3 is 5.11 Å². The molecule has 0 atom stereocenters. The Bertz CT molecular complexity index is 745. The number of benzene rings is 2. The molecular formula is C17H16N2O. The fourth-order valence-electron chi connectivity index (χ4n) is 2.44. The Labute approximate surface area is 118 Å². The second kappa shape index (κ2) is 4.85. The summed E-state index contributed by atoms with van der Waals surface area (Å²) in [6.07, 6.45) is 1.75. The lowest BCUT2D eigenvalue weighted by molar-refractivity contribution is 0.472. The molecule has 3 nitrogen and oxygen atoms in total. The predicted octanol–water partition coefficient (Wildman–Crippen LogP) is 3.86. The topological polar surface area (TPSA) is 38.1 Å². The van der Waals surface area contributed by atoms with Gasteiger partial charge in [0.05, 0.1) is 17.6 Å². The van der Waals surface area contributed by atoms with E-state index in [1.54, 1.807) is 6.20 Å². The van der Waals surface area contributed by atoms with Gasteiger partial charge in [-0.1, -0.05) is 24.3 Å². The molecular weight excluding hydrogens is 248 g/mol. The summed E-state index contributed by atoms with van der Waals surface area (Å²) in [7, 11) is 0. The Balaban J connectivity index is 2.21. The van der Waals surface area contributed by atoms with Gasteiger partial charge in [-0.05, 0) is 49.2 Å². The molecule has 1 N–H and O–H groups in total. The molecule has 0 radical (unpaired) electrons. The molecule has 0 aliphatic heterocycles. The first-order valence-electron chi connectivity index (χ1n) is 6.57. The van der Waals surface area contributed by atoms with Crippen molar-refractivity contribution in [2.45, 2.75) is 13.8 Å². The molecule has 0 amide bonds. The summed E-state index contributed by atoms with van der Waals surface area (Å²) in [5.74, 6) is 0.313. The zero-order chi connectivity index (χ0) is 14.1. The van der Waals surface area contributed by atoms with Crippen LogP contribution in [0.5, 0.6) is 5.75 Å². The number of rotatable bonds is 2. The van der Waals surface area contributed by atoms with Gasteiger partial charge in [0.1, 0.15) is 5.75 Å². The largest absolute Gasteiger partial charge is 0.507 e. The number of hydrogen-bond acceptors (Lipinski definition) is 2. The molecule has 2 aromatic carbocycles. The smallest absolute Gasteiger partial charge is 0.127 e. The van der Waals surface area contributed by atoms with Crippen molar-refractivity contribution in [3.63, 3.8) is 0 Å². The van der Waals surface area contributed by atoms with Crippen LogP contribution in [0.4, 0.5) is 0 Å². The molecule has 0 unspecified atom stereocenters. The normalized spacial score (nSPS) is 10.7. The number of aromatic nitrogens is 2. The van der Waals surface area contributed by atoms with Crippen LogP contribution in [0.25, 0.3) is 16.9 Å². The van der Waals surface area contributed by atoms with E-state index in [-0.39, 0.29) is 0 Å². The van der Waals surface area contributed by atoms with Gasteiger partial charge in [-0.3, -0.25) is 0 Å². The van der Waals surface area contributed by atoms with Crippen LogP contribution < -0.4 is 0 Å². The van der Waals surface area contributed by atoms with Crippen molar-refractivity contribution < 1.29 is 5.11 Å². The molecule has 0 aliphatic rings. The van der Waals surface area contributed by atoms with E-state index in [4.69, 9.17) is 0 Å². The summed E-state index contributed by atoms with van der Waals surface area (Å²) in [5, 5.41) is 14.7. The molecule has 1 heterocycles. The average Bonchev–Trinajstić information content (AvgIpc) is 2.93. The summed E-state index contributed by atoms with van der Waals surface area (Å²) in [5.41, 5.74) is 4.67. The second-order valence-electron chi connectivity index (χ2n) is 4.94. The van der Waals surface area contributed by atoms with Crippen molar-refractivity contribution in [3.05, 3.63) is 65.9 Å². The molecule has 0 spiro atoms. The second-order valence-corrected chi connectivity index (χ2v) is 4.94. The minimum Gasteiger partial charge on any atom is -0.507 e. The Morgan fingerprint density at radius 3 is 2.50 bits per heavy atom. The lowest BCUT2D eigenvalue weighted by Crippen LogP contribution is -1.99. The average molecular weight is 264 g/mol. The number of aromatic hydroxyl groups is 1. The lowest BCUT2D eigenvalue weighted by atomic mass is 10.0. The van der Waals surface area contributed by atoms with E-state index in [1.165, 1.54) is 0 Å². The van der Waals surface area contributed by atoms with Gasteiger partial charge in [0.25, 0.3) is 0 Å². The first-order valence-corrected chi connectivity index (χ1v) is 6.57. The number of aryl methyl sites for hydroxylation is 2. The molecule has 3 aromatic rings. The Morgan fingerprint density at radius 2 is 1.75 bits per heavy atom. The van der Waals surface area contributed by atoms with Gasteiger partial charge >= 0.3 is 0 Å². The van der Waals surface area contributed by atoms with Crippen molar-refractivity contribution in [2.24, 2.45) is 0 Å². The van der Waals surface area contributed by atoms with Crippen LogP contribution in [0, 0.1) is 13.8 Å². The van der Waals surface area contributed by atoms with E-state index < -0.39 is 0 Å². The summed E-state index contributed by atoms with van der Waals surface area (Å²) in [4.78, 5) is 0. The number of hydrogen-bond donors (Lipinski definition) is 1. The number of nitrogens with zero attached hydrogens (tertiary/aromatic N) is 2. The molecule has 0 fully saturated rings. The van der Waals surface area contributed by atoms with Crippen molar-refractivity contribution in [1.82, 2.24) is 9.78 Å². The minimum atomic E-state index is 0.313. The van der Waals surface area contributed by atoms with Crippen LogP contribution in [0.3, 0.4) is 0 Å². The first-order chi connectivity index (χ1) is 9.66. The van der Waals surface area contributed by atoms with Crippen LogP contribution in [-0.4, -0.2) is 14.9 Å². The SMILES string of the molecule is Cc1cc(C)c(O)c(-c2ccnn2-c2ccccc2)c1. The maximum absolute atomic E-state index is 10.3. The maximum Gasteiger partial charge on any atom is 0.127 e. The minimum absolute atomic E-state index is 0.313. The Kier molecular flexibility index (Phi) is 3.03. The summed E-state index contributed by atoms with van der Waals surface area (Å²) >= 11 is 0. The molecule has 3 rings (SSSR count). The lowest BCUT2D eigenvalue weighted by Gasteiger charge is -2.11. The van der Waals surface area contributed by atoms with E-state index in [1.807, 2.05) is 67.1 Å². The summed E-state index contributed by atoms with van der Waals surface area (Å²) < 4.78 is 1.84. The van der Waals surface area contributed by atoms with Crippen LogP contribution in [0.1, 0.15) is 11.1 Å². The number of phenolic OH excluding ortho intramolecular Hbond substituents is 1. The third-order valence-electron chi connectivity index (χ3n) is 3.36. The predicted molar refractivity (Wildman–Crippen MR) is 80.1 cm³/mol. The van der Waals surface area contributed by atoms with Gasteiger partial charge in [-0.2, -0.15) is 5.10 Å². The highest BCUT2D eigenvalue weighted by Gasteiger charge is 2.13. The molecule has 0 bridgehead atoms. The summed E-state index contributed by atoms with van der Waals surface area (Å²) in [6, 6.07) is 15.8.